The predicted octanol–water partition coefficient (Wildman–Crippen LogP) is 2.59. The van der Waals surface area contributed by atoms with Crippen LogP contribution in [0.2, 0.25) is 0 Å². The van der Waals surface area contributed by atoms with E-state index in [9.17, 15) is 18.0 Å². The topological polar surface area (TPSA) is 80.7 Å². The van der Waals surface area contributed by atoms with E-state index in [4.69, 9.17) is 4.74 Å². The molecule has 0 bridgehead atoms. The van der Waals surface area contributed by atoms with Crippen molar-refractivity contribution in [2.24, 2.45) is 0 Å². The van der Waals surface area contributed by atoms with Gasteiger partial charge in [-0.2, -0.15) is 0 Å². The number of carbonyl (C=O) groups excluding carboxylic acids is 2. The Morgan fingerprint density at radius 2 is 1.56 bits per heavy atom. The van der Waals surface area contributed by atoms with E-state index >= 15 is 0 Å². The molecule has 0 radical (unpaired) electrons. The Balaban J connectivity index is 3.04. The van der Waals surface area contributed by atoms with Crippen molar-refractivity contribution < 1.29 is 22.7 Å². The van der Waals surface area contributed by atoms with E-state index in [0.29, 0.717) is 5.56 Å². The van der Waals surface area contributed by atoms with Gasteiger partial charge in [-0.15, -0.1) is 0 Å². The number of rotatable bonds is 6. The van der Waals surface area contributed by atoms with Gasteiger partial charge in [-0.25, -0.2) is 13.2 Å². The van der Waals surface area contributed by atoms with Crippen molar-refractivity contribution in [3.63, 3.8) is 0 Å². The summed E-state index contributed by atoms with van der Waals surface area (Å²) >= 11 is 0. The summed E-state index contributed by atoms with van der Waals surface area (Å²) in [5.74, 6) is -0.994. The fourth-order valence-corrected chi connectivity index (χ4v) is 3.29. The number of aryl methyl sites for hydroxylation is 1. The van der Waals surface area contributed by atoms with E-state index in [1.807, 2.05) is 27.7 Å². The Labute approximate surface area is 150 Å². The number of ether oxygens (including phenoxy) is 1. The lowest BCUT2D eigenvalue weighted by Crippen LogP contribution is -2.47. The van der Waals surface area contributed by atoms with Gasteiger partial charge in [0.2, 0.25) is 0 Å². The van der Waals surface area contributed by atoms with Crippen LogP contribution in [0.15, 0.2) is 23.1 Å². The van der Waals surface area contributed by atoms with E-state index in [1.165, 1.54) is 19.1 Å². The van der Waals surface area contributed by atoms with Gasteiger partial charge >= 0.3 is 5.97 Å². The molecule has 0 spiro atoms. The van der Waals surface area contributed by atoms with Crippen molar-refractivity contribution in [3.05, 3.63) is 29.3 Å². The zero-order valence-corrected chi connectivity index (χ0v) is 16.7. The predicted molar refractivity (Wildman–Crippen MR) is 96.3 cm³/mol. The second kappa shape index (κ2) is 7.99. The zero-order chi connectivity index (χ0) is 19.5. The van der Waals surface area contributed by atoms with Crippen LogP contribution in [0.1, 0.15) is 50.5 Å². The van der Waals surface area contributed by atoms with E-state index in [1.54, 1.807) is 17.9 Å². The highest BCUT2D eigenvalue weighted by Gasteiger charge is 2.28. The first-order valence-electron chi connectivity index (χ1n) is 8.20. The summed E-state index contributed by atoms with van der Waals surface area (Å²) in [4.78, 5) is 26.7. The van der Waals surface area contributed by atoms with Crippen LogP contribution >= 0.6 is 0 Å². The lowest BCUT2D eigenvalue weighted by Gasteiger charge is -2.32. The average Bonchev–Trinajstić information content (AvgIpc) is 2.45. The Morgan fingerprint density at radius 3 is 2.00 bits per heavy atom. The highest BCUT2D eigenvalue weighted by atomic mass is 32.2. The van der Waals surface area contributed by atoms with Crippen LogP contribution in [0, 0.1) is 6.92 Å². The van der Waals surface area contributed by atoms with Crippen LogP contribution < -0.4 is 0 Å². The van der Waals surface area contributed by atoms with E-state index in [0.717, 1.165) is 6.26 Å². The van der Waals surface area contributed by atoms with Gasteiger partial charge in [0.05, 0.1) is 10.5 Å². The number of sulfone groups is 1. The van der Waals surface area contributed by atoms with Crippen molar-refractivity contribution in [2.45, 2.75) is 64.6 Å². The van der Waals surface area contributed by atoms with Crippen LogP contribution in [0.3, 0.4) is 0 Å². The van der Waals surface area contributed by atoms with Crippen molar-refractivity contribution in [1.82, 2.24) is 4.90 Å². The molecule has 1 aromatic carbocycles. The summed E-state index contributed by atoms with van der Waals surface area (Å²) in [6.07, 6.45) is 0.112. The summed E-state index contributed by atoms with van der Waals surface area (Å²) in [7, 11) is -3.44. The second-order valence-corrected chi connectivity index (χ2v) is 8.75. The third kappa shape index (κ3) is 5.29. The Bertz CT molecular complexity index is 745. The van der Waals surface area contributed by atoms with Gasteiger partial charge in [0.15, 0.2) is 15.9 Å². The summed E-state index contributed by atoms with van der Waals surface area (Å²) in [5.41, 5.74) is 0.727. The highest BCUT2D eigenvalue weighted by molar-refractivity contribution is 7.90. The van der Waals surface area contributed by atoms with Gasteiger partial charge in [0.1, 0.15) is 0 Å². The lowest BCUT2D eigenvalue weighted by molar-refractivity contribution is -0.143. The standard InChI is InChI=1S/C18H27NO5S/c1-11(2)19(12(3)4)17(20)14(6)24-18(21)16-10-15(25(7,22)23)9-8-13(16)5/h8-12,14H,1-7H3/t14-/m0/s1. The van der Waals surface area contributed by atoms with E-state index < -0.39 is 21.9 Å². The molecule has 0 saturated carbocycles. The van der Waals surface area contributed by atoms with Crippen molar-refractivity contribution >= 4 is 21.7 Å². The molecular formula is C18H27NO5S. The monoisotopic (exact) mass is 369 g/mol. The van der Waals surface area contributed by atoms with Crippen molar-refractivity contribution in [2.75, 3.05) is 6.26 Å². The van der Waals surface area contributed by atoms with Crippen LogP contribution in [-0.4, -0.2) is 49.6 Å². The molecule has 0 N–H and O–H groups in total. The lowest BCUT2D eigenvalue weighted by atomic mass is 10.1. The molecule has 140 valence electrons. The molecule has 1 aromatic rings. The fourth-order valence-electron chi connectivity index (χ4n) is 2.64. The van der Waals surface area contributed by atoms with Crippen LogP contribution in [-0.2, 0) is 19.4 Å². The smallest absolute Gasteiger partial charge is 0.339 e. The first kappa shape index (κ1) is 21.2. The minimum absolute atomic E-state index is 0.0241. The molecule has 1 amide bonds. The van der Waals surface area contributed by atoms with Crippen LogP contribution in [0.4, 0.5) is 0 Å². The number of amides is 1. The normalized spacial score (nSPS) is 13.0. The Hall–Kier alpha value is -1.89. The highest BCUT2D eigenvalue weighted by Crippen LogP contribution is 2.18. The van der Waals surface area contributed by atoms with Crippen molar-refractivity contribution in [3.8, 4) is 0 Å². The third-order valence-corrected chi connectivity index (χ3v) is 4.97. The minimum Gasteiger partial charge on any atom is -0.449 e. The Kier molecular flexibility index (Phi) is 6.76. The van der Waals surface area contributed by atoms with Gasteiger partial charge in [0, 0.05) is 18.3 Å². The molecule has 0 fully saturated rings. The number of hydrogen-bond donors (Lipinski definition) is 0. The molecule has 0 aliphatic rings. The van der Waals surface area contributed by atoms with Gasteiger partial charge < -0.3 is 9.64 Å². The minimum atomic E-state index is -3.44. The summed E-state index contributed by atoms with van der Waals surface area (Å²) in [6, 6.07) is 4.23. The number of esters is 1. The zero-order valence-electron chi connectivity index (χ0n) is 15.9. The quantitative estimate of drug-likeness (QED) is 0.720. The largest absolute Gasteiger partial charge is 0.449 e. The molecule has 0 saturated heterocycles. The summed E-state index contributed by atoms with van der Waals surface area (Å²) in [5, 5.41) is 0. The maximum absolute atomic E-state index is 12.6. The van der Waals surface area contributed by atoms with E-state index in [-0.39, 0.29) is 28.4 Å². The molecule has 1 atom stereocenters. The molecule has 6 nitrogen and oxygen atoms in total. The first-order valence-corrected chi connectivity index (χ1v) is 10.1. The molecule has 25 heavy (non-hydrogen) atoms. The second-order valence-electron chi connectivity index (χ2n) is 6.73. The first-order chi connectivity index (χ1) is 11.4. The number of hydrogen-bond acceptors (Lipinski definition) is 5. The van der Waals surface area contributed by atoms with Crippen molar-refractivity contribution in [1.29, 1.82) is 0 Å². The molecule has 0 unspecified atom stereocenters. The third-order valence-electron chi connectivity index (χ3n) is 3.86. The maximum Gasteiger partial charge on any atom is 0.339 e. The summed E-state index contributed by atoms with van der Waals surface area (Å²) < 4.78 is 28.7. The van der Waals surface area contributed by atoms with E-state index in [2.05, 4.69) is 0 Å². The maximum atomic E-state index is 12.6. The van der Waals surface area contributed by atoms with Crippen LogP contribution in [0.5, 0.6) is 0 Å². The molecular weight excluding hydrogens is 342 g/mol. The number of benzene rings is 1. The molecule has 0 heterocycles. The van der Waals surface area contributed by atoms with Gasteiger partial charge in [-0.3, -0.25) is 4.79 Å². The number of nitrogens with zero attached hydrogens (tertiary/aromatic N) is 1. The molecule has 0 aromatic heterocycles. The van der Waals surface area contributed by atoms with Gasteiger partial charge in [-0.05, 0) is 59.2 Å². The molecule has 1 rings (SSSR count). The average molecular weight is 369 g/mol. The summed E-state index contributed by atoms with van der Waals surface area (Å²) in [6.45, 7) is 10.8. The Morgan fingerprint density at radius 1 is 1.04 bits per heavy atom. The SMILES string of the molecule is Cc1ccc(S(C)(=O)=O)cc1C(=O)O[C@@H](C)C(=O)N(C(C)C)C(C)C. The molecule has 7 heteroatoms. The molecule has 0 aliphatic carbocycles. The van der Waals surface area contributed by atoms with Gasteiger partial charge in [-0.1, -0.05) is 6.07 Å². The van der Waals surface area contributed by atoms with Gasteiger partial charge in [0.25, 0.3) is 5.91 Å². The fraction of sp³-hybridized carbons (Fsp3) is 0.556. The molecule has 0 aliphatic heterocycles. The number of carbonyl (C=O) groups is 2. The van der Waals surface area contributed by atoms with Crippen LogP contribution in [0.25, 0.3) is 0 Å².